The van der Waals surface area contributed by atoms with Gasteiger partial charge in [-0.1, -0.05) is 0 Å². The van der Waals surface area contributed by atoms with Crippen molar-refractivity contribution < 1.29 is 19.1 Å². The average Bonchev–Trinajstić information content (AvgIpc) is 2.86. The molecule has 3 heterocycles. The predicted octanol–water partition coefficient (Wildman–Crippen LogP) is 1.96. The quantitative estimate of drug-likeness (QED) is 0.747. The number of ether oxygens (including phenoxy) is 2. The fourth-order valence-corrected chi connectivity index (χ4v) is 3.74. The highest BCUT2D eigenvalue weighted by molar-refractivity contribution is 5.94. The molecular weight excluding hydrogens is 348 g/mol. The van der Waals surface area contributed by atoms with Crippen molar-refractivity contribution in [2.45, 2.75) is 65.4 Å². The molecule has 0 spiro atoms. The van der Waals surface area contributed by atoms with Crippen molar-refractivity contribution in [3.05, 3.63) is 17.0 Å². The molecule has 27 heavy (non-hydrogen) atoms. The summed E-state index contributed by atoms with van der Waals surface area (Å²) in [6, 6.07) is 0. The minimum absolute atomic E-state index is 0.0000145. The number of carbonyl (C=O) groups is 2. The van der Waals surface area contributed by atoms with Crippen molar-refractivity contribution in [1.29, 1.82) is 0 Å². The van der Waals surface area contributed by atoms with E-state index in [0.717, 1.165) is 11.3 Å². The summed E-state index contributed by atoms with van der Waals surface area (Å²) in [4.78, 5) is 29.2. The SMILES string of the molecule is CC1CN(C(=O)c2c3c(nn2C)CCN(C(=O)OC(C)(C)C)C3)CC(C)O1. The van der Waals surface area contributed by atoms with Crippen LogP contribution in [0.5, 0.6) is 0 Å². The smallest absolute Gasteiger partial charge is 0.410 e. The van der Waals surface area contributed by atoms with Gasteiger partial charge in [0.2, 0.25) is 0 Å². The van der Waals surface area contributed by atoms with Crippen LogP contribution in [0.1, 0.15) is 56.4 Å². The molecular formula is C19H30N4O4. The third-order valence-electron chi connectivity index (χ3n) is 4.76. The maximum Gasteiger partial charge on any atom is 0.410 e. The van der Waals surface area contributed by atoms with E-state index in [1.54, 1.807) is 16.6 Å². The molecule has 2 aliphatic rings. The summed E-state index contributed by atoms with van der Waals surface area (Å²) < 4.78 is 12.9. The lowest BCUT2D eigenvalue weighted by atomic mass is 10.0. The van der Waals surface area contributed by atoms with E-state index in [2.05, 4.69) is 5.10 Å². The van der Waals surface area contributed by atoms with Crippen molar-refractivity contribution in [2.75, 3.05) is 19.6 Å². The maximum atomic E-state index is 13.2. The van der Waals surface area contributed by atoms with E-state index < -0.39 is 5.60 Å². The molecule has 2 atom stereocenters. The standard InChI is InChI=1S/C19H30N4O4/c1-12-9-23(10-13(2)26-12)17(24)16-14-11-22(18(25)27-19(3,4)5)8-7-15(14)20-21(16)6/h12-13H,7-11H2,1-6H3. The number of fused-ring (bicyclic) bond motifs is 1. The van der Waals surface area contributed by atoms with E-state index in [4.69, 9.17) is 9.47 Å². The second kappa shape index (κ2) is 7.14. The van der Waals surface area contributed by atoms with Gasteiger partial charge in [-0.15, -0.1) is 0 Å². The molecule has 0 aromatic carbocycles. The zero-order chi connectivity index (χ0) is 19.9. The Bertz CT molecular complexity index is 727. The lowest BCUT2D eigenvalue weighted by Gasteiger charge is -2.35. The largest absolute Gasteiger partial charge is 0.444 e. The van der Waals surface area contributed by atoms with E-state index in [0.29, 0.717) is 38.3 Å². The number of aromatic nitrogens is 2. The third-order valence-corrected chi connectivity index (χ3v) is 4.76. The van der Waals surface area contributed by atoms with Gasteiger partial charge in [0.05, 0.1) is 24.4 Å². The first-order chi connectivity index (χ1) is 12.5. The summed E-state index contributed by atoms with van der Waals surface area (Å²) in [6.45, 7) is 11.5. The molecule has 1 aromatic heterocycles. The number of aryl methyl sites for hydroxylation is 1. The number of amides is 2. The maximum absolute atomic E-state index is 13.2. The Morgan fingerprint density at radius 3 is 2.37 bits per heavy atom. The van der Waals surface area contributed by atoms with E-state index in [-0.39, 0.29) is 24.2 Å². The number of hydrogen-bond donors (Lipinski definition) is 0. The van der Waals surface area contributed by atoms with Crippen LogP contribution < -0.4 is 0 Å². The molecule has 0 radical (unpaired) electrons. The predicted molar refractivity (Wildman–Crippen MR) is 99.5 cm³/mol. The average molecular weight is 378 g/mol. The first kappa shape index (κ1) is 19.7. The van der Waals surface area contributed by atoms with Gasteiger partial charge in [0.25, 0.3) is 5.91 Å². The van der Waals surface area contributed by atoms with Crippen molar-refractivity contribution in [3.8, 4) is 0 Å². The lowest BCUT2D eigenvalue weighted by Crippen LogP contribution is -2.49. The monoisotopic (exact) mass is 378 g/mol. The van der Waals surface area contributed by atoms with Gasteiger partial charge >= 0.3 is 6.09 Å². The van der Waals surface area contributed by atoms with Crippen LogP contribution >= 0.6 is 0 Å². The van der Waals surface area contributed by atoms with Gasteiger partial charge in [0.1, 0.15) is 11.3 Å². The molecule has 1 aromatic rings. The normalized spacial score (nSPS) is 23.2. The Kier molecular flexibility index (Phi) is 5.20. The third kappa shape index (κ3) is 4.26. The van der Waals surface area contributed by atoms with E-state index in [9.17, 15) is 9.59 Å². The van der Waals surface area contributed by atoms with Gasteiger partial charge in [-0.2, -0.15) is 5.10 Å². The number of rotatable bonds is 1. The minimum Gasteiger partial charge on any atom is -0.444 e. The summed E-state index contributed by atoms with van der Waals surface area (Å²) in [6.07, 6.45) is 0.259. The van der Waals surface area contributed by atoms with E-state index >= 15 is 0 Å². The first-order valence-electron chi connectivity index (χ1n) is 9.52. The highest BCUT2D eigenvalue weighted by Crippen LogP contribution is 2.25. The molecule has 0 bridgehead atoms. The summed E-state index contributed by atoms with van der Waals surface area (Å²) in [5, 5.41) is 4.53. The van der Waals surface area contributed by atoms with Gasteiger partial charge in [-0.25, -0.2) is 4.79 Å². The zero-order valence-electron chi connectivity index (χ0n) is 17.1. The second-order valence-electron chi connectivity index (χ2n) is 8.52. The number of morpholine rings is 1. The van der Waals surface area contributed by atoms with Gasteiger partial charge < -0.3 is 19.3 Å². The van der Waals surface area contributed by atoms with E-state index in [1.807, 2.05) is 39.5 Å². The highest BCUT2D eigenvalue weighted by atomic mass is 16.6. The van der Waals surface area contributed by atoms with Gasteiger partial charge in [-0.3, -0.25) is 9.48 Å². The molecule has 1 fully saturated rings. The Hall–Kier alpha value is -2.09. The van der Waals surface area contributed by atoms with Crippen LogP contribution in [0.15, 0.2) is 0 Å². The summed E-state index contributed by atoms with van der Waals surface area (Å²) in [7, 11) is 1.79. The lowest BCUT2D eigenvalue weighted by molar-refractivity contribution is -0.0588. The Labute approximate surface area is 160 Å². The molecule has 0 aliphatic carbocycles. The van der Waals surface area contributed by atoms with Crippen LogP contribution in [-0.4, -0.2) is 69.0 Å². The molecule has 0 saturated carbocycles. The molecule has 0 N–H and O–H groups in total. The summed E-state index contributed by atoms with van der Waals surface area (Å²) in [5.74, 6) is -0.0562. The van der Waals surface area contributed by atoms with Gasteiger partial charge in [-0.05, 0) is 34.6 Å². The molecule has 3 rings (SSSR count). The molecule has 8 heteroatoms. The van der Waals surface area contributed by atoms with Crippen LogP contribution in [0, 0.1) is 0 Å². The Morgan fingerprint density at radius 1 is 1.15 bits per heavy atom. The molecule has 2 amide bonds. The molecule has 1 saturated heterocycles. The van der Waals surface area contributed by atoms with Gasteiger partial charge in [0, 0.05) is 38.7 Å². The first-order valence-corrected chi connectivity index (χ1v) is 9.52. The molecule has 2 unspecified atom stereocenters. The van der Waals surface area contributed by atoms with Crippen molar-refractivity contribution in [2.24, 2.45) is 7.05 Å². The second-order valence-corrected chi connectivity index (χ2v) is 8.52. The number of carbonyl (C=O) groups excluding carboxylic acids is 2. The fraction of sp³-hybridized carbons (Fsp3) is 0.737. The van der Waals surface area contributed by atoms with Crippen LogP contribution in [0.4, 0.5) is 4.79 Å². The fourth-order valence-electron chi connectivity index (χ4n) is 3.74. The van der Waals surface area contributed by atoms with Gasteiger partial charge in [0.15, 0.2) is 0 Å². The zero-order valence-corrected chi connectivity index (χ0v) is 17.1. The van der Waals surface area contributed by atoms with Crippen LogP contribution in [-0.2, 0) is 29.5 Å². The van der Waals surface area contributed by atoms with Crippen LogP contribution in [0.2, 0.25) is 0 Å². The van der Waals surface area contributed by atoms with Crippen molar-refractivity contribution >= 4 is 12.0 Å². The molecule has 150 valence electrons. The summed E-state index contributed by atoms with van der Waals surface area (Å²) in [5.41, 5.74) is 1.71. The Morgan fingerprint density at radius 2 is 1.78 bits per heavy atom. The summed E-state index contributed by atoms with van der Waals surface area (Å²) >= 11 is 0. The number of hydrogen-bond acceptors (Lipinski definition) is 5. The van der Waals surface area contributed by atoms with E-state index in [1.165, 1.54) is 0 Å². The van der Waals surface area contributed by atoms with Crippen LogP contribution in [0.3, 0.4) is 0 Å². The number of nitrogens with zero attached hydrogens (tertiary/aromatic N) is 4. The van der Waals surface area contributed by atoms with Crippen LogP contribution in [0.25, 0.3) is 0 Å². The molecule has 8 nitrogen and oxygen atoms in total. The Balaban J connectivity index is 1.82. The highest BCUT2D eigenvalue weighted by Gasteiger charge is 2.34. The molecule has 2 aliphatic heterocycles. The topological polar surface area (TPSA) is 76.9 Å². The van der Waals surface area contributed by atoms with Crippen molar-refractivity contribution in [3.63, 3.8) is 0 Å². The minimum atomic E-state index is -0.551. The van der Waals surface area contributed by atoms with Crippen molar-refractivity contribution in [1.82, 2.24) is 19.6 Å².